The molecule has 4 rings (SSSR count). The zero-order valence-corrected chi connectivity index (χ0v) is 14.2. The van der Waals surface area contributed by atoms with E-state index in [0.29, 0.717) is 27.8 Å². The lowest BCUT2D eigenvalue weighted by Gasteiger charge is -2.06. The fourth-order valence-corrected chi connectivity index (χ4v) is 2.84. The molecule has 0 fully saturated rings. The third kappa shape index (κ3) is 3.43. The maximum atomic E-state index is 11.2. The number of hydrogen-bond acceptors (Lipinski definition) is 4. The number of carboxylic acid groups (broad SMARTS) is 1. The van der Waals surface area contributed by atoms with Crippen molar-refractivity contribution in [1.29, 1.82) is 0 Å². The number of benzene rings is 3. The number of carbonyl (C=O) groups is 1. The van der Waals surface area contributed by atoms with Crippen LogP contribution in [0.1, 0.15) is 10.4 Å². The molecular weight excluding hydrogens is 342 g/mol. The van der Waals surface area contributed by atoms with Crippen molar-refractivity contribution in [1.82, 2.24) is 0 Å². The van der Waals surface area contributed by atoms with Crippen LogP contribution in [0.4, 0.5) is 5.69 Å². The monoisotopic (exact) mass is 357 g/mol. The Bertz CT molecular complexity index is 1210. The Kier molecular flexibility index (Phi) is 4.18. The largest absolute Gasteiger partial charge is 0.508 e. The van der Waals surface area contributed by atoms with Gasteiger partial charge in [0, 0.05) is 17.0 Å². The van der Waals surface area contributed by atoms with Gasteiger partial charge in [-0.25, -0.2) is 9.79 Å². The molecule has 0 bridgehead atoms. The minimum absolute atomic E-state index is 0.0981. The van der Waals surface area contributed by atoms with Crippen molar-refractivity contribution >= 4 is 22.6 Å². The second-order valence-electron chi connectivity index (χ2n) is 6.01. The molecule has 0 unspecified atom stereocenters. The third-order valence-corrected chi connectivity index (χ3v) is 4.13. The van der Waals surface area contributed by atoms with Crippen molar-refractivity contribution in [2.24, 2.45) is 4.99 Å². The number of phenols is 1. The molecule has 0 radical (unpaired) electrons. The van der Waals surface area contributed by atoms with Crippen molar-refractivity contribution < 1.29 is 19.4 Å². The lowest BCUT2D eigenvalue weighted by molar-refractivity contribution is 0.0697. The Morgan fingerprint density at radius 1 is 0.889 bits per heavy atom. The summed E-state index contributed by atoms with van der Waals surface area (Å²) < 4.78 is 5.98. The fourth-order valence-electron chi connectivity index (χ4n) is 2.84. The normalized spacial score (nSPS) is 11.6. The lowest BCUT2D eigenvalue weighted by Crippen LogP contribution is -2.03. The molecule has 3 aromatic carbocycles. The van der Waals surface area contributed by atoms with Crippen LogP contribution in [0.5, 0.6) is 5.75 Å². The van der Waals surface area contributed by atoms with Gasteiger partial charge in [-0.2, -0.15) is 0 Å². The highest BCUT2D eigenvalue weighted by atomic mass is 16.4. The van der Waals surface area contributed by atoms with Crippen molar-refractivity contribution in [2.75, 3.05) is 0 Å². The van der Waals surface area contributed by atoms with Gasteiger partial charge in [-0.3, -0.25) is 0 Å². The molecule has 2 N–H and O–H groups in total. The van der Waals surface area contributed by atoms with E-state index < -0.39 is 5.97 Å². The first-order valence-corrected chi connectivity index (χ1v) is 8.30. The van der Waals surface area contributed by atoms with E-state index in [-0.39, 0.29) is 11.3 Å². The van der Waals surface area contributed by atoms with E-state index in [2.05, 4.69) is 4.99 Å². The Morgan fingerprint density at radius 3 is 2.48 bits per heavy atom. The number of fused-ring (bicyclic) bond motifs is 1. The Morgan fingerprint density at radius 2 is 1.70 bits per heavy atom. The van der Waals surface area contributed by atoms with Crippen LogP contribution in [-0.4, -0.2) is 16.2 Å². The Balaban J connectivity index is 1.99. The van der Waals surface area contributed by atoms with Gasteiger partial charge in [-0.05, 0) is 36.4 Å². The molecule has 0 aliphatic carbocycles. The van der Waals surface area contributed by atoms with Gasteiger partial charge in [0.2, 0.25) is 0 Å². The van der Waals surface area contributed by atoms with Gasteiger partial charge >= 0.3 is 5.97 Å². The van der Waals surface area contributed by atoms with E-state index in [4.69, 9.17) is 4.42 Å². The van der Waals surface area contributed by atoms with Crippen LogP contribution >= 0.6 is 0 Å². The molecule has 5 nitrogen and oxygen atoms in total. The summed E-state index contributed by atoms with van der Waals surface area (Å²) in [5, 5.41) is 20.3. The molecule has 0 atom stereocenters. The fraction of sp³-hybridized carbons (Fsp3) is 0. The molecular formula is C22H15NO4. The van der Waals surface area contributed by atoms with E-state index in [1.54, 1.807) is 36.4 Å². The van der Waals surface area contributed by atoms with Crippen LogP contribution in [0.2, 0.25) is 0 Å². The third-order valence-electron chi connectivity index (χ3n) is 4.13. The quantitative estimate of drug-likeness (QED) is 0.555. The first-order valence-electron chi connectivity index (χ1n) is 8.30. The van der Waals surface area contributed by atoms with Crippen LogP contribution in [0, 0.1) is 0 Å². The van der Waals surface area contributed by atoms with E-state index in [9.17, 15) is 15.0 Å². The van der Waals surface area contributed by atoms with Crippen LogP contribution in [0.25, 0.3) is 22.3 Å². The van der Waals surface area contributed by atoms with Crippen LogP contribution in [-0.2, 0) is 0 Å². The second kappa shape index (κ2) is 6.80. The molecule has 1 heterocycles. The Labute approximate surface area is 154 Å². The summed E-state index contributed by atoms with van der Waals surface area (Å²) in [6.07, 6.45) is 0. The van der Waals surface area contributed by atoms with Gasteiger partial charge < -0.3 is 14.6 Å². The number of carboxylic acids is 1. The highest BCUT2D eigenvalue weighted by Crippen LogP contribution is 2.25. The predicted octanol–water partition coefficient (Wildman–Crippen LogP) is 4.74. The maximum Gasteiger partial charge on any atom is 0.335 e. The van der Waals surface area contributed by atoms with Gasteiger partial charge in [-0.15, -0.1) is 0 Å². The average molecular weight is 357 g/mol. The number of rotatable bonds is 3. The number of nitrogens with zero attached hydrogens (tertiary/aromatic N) is 1. The summed E-state index contributed by atoms with van der Waals surface area (Å²) in [6, 6.07) is 22.6. The topological polar surface area (TPSA) is 83.0 Å². The van der Waals surface area contributed by atoms with Gasteiger partial charge in [0.1, 0.15) is 17.1 Å². The summed E-state index contributed by atoms with van der Waals surface area (Å²) in [4.78, 5) is 15.8. The van der Waals surface area contributed by atoms with Gasteiger partial charge in [-0.1, -0.05) is 36.4 Å². The number of aromatic hydroxyl groups is 1. The molecule has 0 spiro atoms. The highest BCUT2D eigenvalue weighted by Gasteiger charge is 2.08. The number of phenolic OH excluding ortho intramolecular Hbond substituents is 1. The molecule has 5 heteroatoms. The van der Waals surface area contributed by atoms with E-state index in [0.717, 1.165) is 5.56 Å². The second-order valence-corrected chi connectivity index (χ2v) is 6.01. The Hall–Kier alpha value is -3.86. The van der Waals surface area contributed by atoms with E-state index in [1.165, 1.54) is 12.1 Å². The van der Waals surface area contributed by atoms with Crippen molar-refractivity contribution in [3.63, 3.8) is 0 Å². The SMILES string of the molecule is O=C(O)c1cccc(N=c2cc(-c3ccccc3)oc3ccc(O)cc23)c1. The molecule has 4 aromatic rings. The van der Waals surface area contributed by atoms with Crippen LogP contribution in [0.15, 0.2) is 88.3 Å². The first-order chi connectivity index (χ1) is 13.1. The van der Waals surface area contributed by atoms with Crippen molar-refractivity contribution in [3.8, 4) is 17.1 Å². The van der Waals surface area contributed by atoms with Crippen LogP contribution in [0.3, 0.4) is 0 Å². The van der Waals surface area contributed by atoms with E-state index >= 15 is 0 Å². The molecule has 0 saturated heterocycles. The summed E-state index contributed by atoms with van der Waals surface area (Å²) in [6.45, 7) is 0. The predicted molar refractivity (Wildman–Crippen MR) is 102 cm³/mol. The average Bonchev–Trinajstić information content (AvgIpc) is 2.69. The first kappa shape index (κ1) is 16.6. The minimum Gasteiger partial charge on any atom is -0.508 e. The van der Waals surface area contributed by atoms with Crippen molar-refractivity contribution in [3.05, 3.63) is 89.8 Å². The van der Waals surface area contributed by atoms with E-state index in [1.807, 2.05) is 30.3 Å². The molecule has 27 heavy (non-hydrogen) atoms. The lowest BCUT2D eigenvalue weighted by atomic mass is 10.1. The zero-order chi connectivity index (χ0) is 18.8. The van der Waals surface area contributed by atoms with Gasteiger partial charge in [0.05, 0.1) is 16.6 Å². The zero-order valence-electron chi connectivity index (χ0n) is 14.2. The van der Waals surface area contributed by atoms with Gasteiger partial charge in [0.15, 0.2) is 0 Å². The maximum absolute atomic E-state index is 11.2. The number of hydrogen-bond donors (Lipinski definition) is 2. The van der Waals surface area contributed by atoms with Crippen LogP contribution < -0.4 is 5.36 Å². The molecule has 0 aliphatic heterocycles. The molecule has 1 aromatic heterocycles. The van der Waals surface area contributed by atoms with Gasteiger partial charge in [0.25, 0.3) is 0 Å². The summed E-state index contributed by atoms with van der Waals surface area (Å²) in [5.41, 5.74) is 2.13. The molecule has 132 valence electrons. The van der Waals surface area contributed by atoms with Crippen molar-refractivity contribution in [2.45, 2.75) is 0 Å². The molecule has 0 saturated carbocycles. The standard InChI is InChI=1S/C22H15NO4/c24-17-9-10-20-18(12-17)19(13-21(27-20)14-5-2-1-3-6-14)23-16-8-4-7-15(11-16)22(25)26/h1-13,24H,(H,25,26). The smallest absolute Gasteiger partial charge is 0.335 e. The summed E-state index contributed by atoms with van der Waals surface area (Å²) >= 11 is 0. The highest BCUT2D eigenvalue weighted by molar-refractivity contribution is 5.88. The minimum atomic E-state index is -1.01. The summed E-state index contributed by atoms with van der Waals surface area (Å²) in [5.74, 6) is -0.287. The summed E-state index contributed by atoms with van der Waals surface area (Å²) in [7, 11) is 0. The molecule has 0 aliphatic rings. The number of aromatic carboxylic acids is 1. The molecule has 0 amide bonds.